The molecule has 18 atom stereocenters. The zero-order valence-electron chi connectivity index (χ0n) is 32.2. The van der Waals surface area contributed by atoms with E-state index in [0.29, 0.717) is 32.1 Å². The molecular formula is C39H64O15. The second-order valence-electron chi connectivity index (χ2n) is 18.4. The molecule has 0 bridgehead atoms. The van der Waals surface area contributed by atoms with Gasteiger partial charge in [0.05, 0.1) is 30.5 Å². The third kappa shape index (κ3) is 6.85. The standard InChI is InChI=1S/C39H64O15/c1-19(21-10-14-38(49)23-15-26(43)39(50)16-20(42)8-12-37(39,5)22(23)9-13-36(21,38)4)7-6-11-35(2,3)54-34-32(30(47)28(45)25(18-41)52-34)53-33-31(48)29(46)27(44)24(17-40)51-33/h15,19-22,24-25,27-34,40-42,44-50H,6-14,16-18H2,1-5H3/t19-,20+,21-,22+,24-,25-,27-,28-,29+,30+,31-,32-,33+,34+,36-,37-,38-,39-/m1/s1. The van der Waals surface area contributed by atoms with E-state index >= 15 is 0 Å². The van der Waals surface area contributed by atoms with Crippen LogP contribution in [0.3, 0.4) is 0 Å². The zero-order valence-corrected chi connectivity index (χ0v) is 32.2. The molecule has 15 nitrogen and oxygen atoms in total. The third-order valence-electron chi connectivity index (χ3n) is 14.8. The van der Waals surface area contributed by atoms with E-state index < -0.39 is 114 Å². The number of ether oxygens (including phenoxy) is 4. The number of hydrogen-bond donors (Lipinski definition) is 10. The monoisotopic (exact) mass is 772 g/mol. The molecule has 10 N–H and O–H groups in total. The van der Waals surface area contributed by atoms with Gasteiger partial charge in [-0.15, -0.1) is 0 Å². The summed E-state index contributed by atoms with van der Waals surface area (Å²) in [6, 6.07) is 0. The summed E-state index contributed by atoms with van der Waals surface area (Å²) in [5.74, 6) is -0.220. The van der Waals surface area contributed by atoms with Gasteiger partial charge in [-0.25, -0.2) is 0 Å². The Labute approximate surface area is 316 Å². The molecule has 4 aliphatic carbocycles. The zero-order chi connectivity index (χ0) is 39.8. The molecule has 2 aliphatic heterocycles. The van der Waals surface area contributed by atoms with Crippen molar-refractivity contribution in [1.29, 1.82) is 0 Å². The van der Waals surface area contributed by atoms with E-state index in [2.05, 4.69) is 13.8 Å². The Morgan fingerprint density at radius 2 is 1.43 bits per heavy atom. The summed E-state index contributed by atoms with van der Waals surface area (Å²) in [5.41, 5.74) is -4.22. The molecule has 0 aromatic heterocycles. The fourth-order valence-corrected chi connectivity index (χ4v) is 11.3. The Hall–Kier alpha value is -1.15. The Kier molecular flexibility index (Phi) is 12.0. The van der Waals surface area contributed by atoms with Crippen LogP contribution >= 0.6 is 0 Å². The summed E-state index contributed by atoms with van der Waals surface area (Å²) in [7, 11) is 0. The number of rotatable bonds is 11. The van der Waals surface area contributed by atoms with Crippen molar-refractivity contribution < 1.29 is 74.8 Å². The van der Waals surface area contributed by atoms with Crippen LogP contribution in [0.4, 0.5) is 0 Å². The molecule has 0 aromatic carbocycles. The fraction of sp³-hybridized carbons (Fsp3) is 0.923. The van der Waals surface area contributed by atoms with E-state index in [1.165, 1.54) is 6.08 Å². The van der Waals surface area contributed by atoms with Crippen molar-refractivity contribution in [3.05, 3.63) is 11.6 Å². The maximum absolute atomic E-state index is 13.6. The first-order valence-corrected chi connectivity index (χ1v) is 19.8. The predicted molar refractivity (Wildman–Crippen MR) is 189 cm³/mol. The molecule has 0 amide bonds. The molecule has 5 fully saturated rings. The average Bonchev–Trinajstić information content (AvgIpc) is 3.40. The van der Waals surface area contributed by atoms with E-state index in [1.54, 1.807) is 0 Å². The van der Waals surface area contributed by atoms with Crippen LogP contribution in [-0.4, -0.2) is 154 Å². The molecule has 3 saturated carbocycles. The van der Waals surface area contributed by atoms with Gasteiger partial charge in [0.1, 0.15) is 54.4 Å². The second kappa shape index (κ2) is 15.2. The largest absolute Gasteiger partial charge is 0.394 e. The van der Waals surface area contributed by atoms with Gasteiger partial charge in [-0.05, 0) is 88.2 Å². The Morgan fingerprint density at radius 1 is 0.815 bits per heavy atom. The van der Waals surface area contributed by atoms with E-state index in [0.717, 1.165) is 31.3 Å². The van der Waals surface area contributed by atoms with Gasteiger partial charge in [0.25, 0.3) is 0 Å². The fourth-order valence-electron chi connectivity index (χ4n) is 11.3. The second-order valence-corrected chi connectivity index (χ2v) is 18.4. The first-order valence-electron chi connectivity index (χ1n) is 19.8. The third-order valence-corrected chi connectivity index (χ3v) is 14.8. The Balaban J connectivity index is 1.11. The van der Waals surface area contributed by atoms with Crippen molar-refractivity contribution in [1.82, 2.24) is 0 Å². The van der Waals surface area contributed by atoms with Gasteiger partial charge in [0.2, 0.25) is 0 Å². The summed E-state index contributed by atoms with van der Waals surface area (Å²) >= 11 is 0. The number of carbonyl (C=O) groups excluding carboxylic acids is 1. The Morgan fingerprint density at radius 3 is 2.07 bits per heavy atom. The normalized spacial score (nSPS) is 50.2. The van der Waals surface area contributed by atoms with Gasteiger partial charge < -0.3 is 70.0 Å². The van der Waals surface area contributed by atoms with Crippen LogP contribution in [0.1, 0.15) is 98.8 Å². The van der Waals surface area contributed by atoms with Gasteiger partial charge in [0, 0.05) is 17.3 Å². The van der Waals surface area contributed by atoms with Gasteiger partial charge in [-0.3, -0.25) is 4.79 Å². The van der Waals surface area contributed by atoms with Gasteiger partial charge in [0.15, 0.2) is 18.4 Å². The summed E-state index contributed by atoms with van der Waals surface area (Å²) in [5, 5.41) is 107. The van der Waals surface area contributed by atoms with Crippen LogP contribution in [0.15, 0.2) is 11.6 Å². The van der Waals surface area contributed by atoms with Gasteiger partial charge in [-0.2, -0.15) is 0 Å². The quantitative estimate of drug-likeness (QED) is 0.128. The van der Waals surface area contributed by atoms with Crippen LogP contribution in [0, 0.1) is 28.6 Å². The first kappa shape index (κ1) is 42.5. The number of fused-ring (bicyclic) bond motifs is 5. The number of aliphatic hydroxyl groups excluding tert-OH is 8. The number of aliphatic hydroxyl groups is 10. The van der Waals surface area contributed by atoms with Crippen molar-refractivity contribution in [2.24, 2.45) is 28.6 Å². The maximum atomic E-state index is 13.6. The van der Waals surface area contributed by atoms with Gasteiger partial charge in [-0.1, -0.05) is 33.6 Å². The summed E-state index contributed by atoms with van der Waals surface area (Å²) in [6.07, 6.45) is -8.75. The van der Waals surface area contributed by atoms with Crippen molar-refractivity contribution in [3.63, 3.8) is 0 Å². The molecule has 6 aliphatic rings. The summed E-state index contributed by atoms with van der Waals surface area (Å²) in [4.78, 5) is 13.6. The lowest BCUT2D eigenvalue weighted by atomic mass is 9.44. The van der Waals surface area contributed by atoms with Crippen LogP contribution in [0.25, 0.3) is 0 Å². The van der Waals surface area contributed by atoms with Crippen LogP contribution in [0.5, 0.6) is 0 Å². The minimum absolute atomic E-state index is 0.0153. The van der Waals surface area contributed by atoms with Crippen LogP contribution in [-0.2, 0) is 23.7 Å². The van der Waals surface area contributed by atoms with E-state index in [4.69, 9.17) is 18.9 Å². The smallest absolute Gasteiger partial charge is 0.187 e. The highest BCUT2D eigenvalue weighted by molar-refractivity contribution is 6.00. The highest BCUT2D eigenvalue weighted by Gasteiger charge is 2.69. The molecule has 6 rings (SSSR count). The lowest BCUT2D eigenvalue weighted by molar-refractivity contribution is -0.377. The SMILES string of the molecule is C[C@H](CCCC(C)(C)O[C@@H]1O[C@H](CO)[C@@H](O)[C@H](O)[C@H]1O[C@@H]1O[C@H](CO)[C@@H](O)[C@H](O)[C@H]1O)[C@H]1CC[C@@]2(O)C3=CC(=O)[C@]4(O)C[C@@H](O)CC[C@]4(C)[C@H]3CC[C@]12C. The number of carbonyl (C=O) groups is 1. The van der Waals surface area contributed by atoms with Crippen LogP contribution in [0.2, 0.25) is 0 Å². The van der Waals surface area contributed by atoms with E-state index in [-0.39, 0.29) is 24.2 Å². The average molecular weight is 773 g/mol. The highest BCUT2D eigenvalue weighted by atomic mass is 16.8. The van der Waals surface area contributed by atoms with Gasteiger partial charge >= 0.3 is 0 Å². The molecule has 0 radical (unpaired) electrons. The maximum Gasteiger partial charge on any atom is 0.187 e. The lowest BCUT2D eigenvalue weighted by Gasteiger charge is -2.62. The molecule has 0 spiro atoms. The van der Waals surface area contributed by atoms with E-state index in [9.17, 15) is 55.9 Å². The molecule has 15 heteroatoms. The minimum atomic E-state index is -1.77. The topological polar surface area (TPSA) is 256 Å². The number of hydrogen-bond acceptors (Lipinski definition) is 15. The summed E-state index contributed by atoms with van der Waals surface area (Å²) < 4.78 is 23.5. The first-order chi connectivity index (χ1) is 25.2. The van der Waals surface area contributed by atoms with Crippen molar-refractivity contribution in [2.75, 3.05) is 13.2 Å². The molecule has 2 heterocycles. The van der Waals surface area contributed by atoms with Crippen molar-refractivity contribution >= 4 is 5.78 Å². The molecule has 2 saturated heterocycles. The summed E-state index contributed by atoms with van der Waals surface area (Å²) in [6.45, 7) is 8.60. The molecular weight excluding hydrogens is 708 g/mol. The number of ketones is 1. The predicted octanol–water partition coefficient (Wildman–Crippen LogP) is -0.439. The molecule has 310 valence electrons. The molecule has 0 unspecified atom stereocenters. The lowest BCUT2D eigenvalue weighted by Crippen LogP contribution is -2.66. The minimum Gasteiger partial charge on any atom is -0.394 e. The van der Waals surface area contributed by atoms with Crippen molar-refractivity contribution in [2.45, 2.75) is 183 Å². The molecule has 0 aromatic rings. The highest BCUT2D eigenvalue weighted by Crippen LogP contribution is 2.68. The van der Waals surface area contributed by atoms with Crippen molar-refractivity contribution in [3.8, 4) is 0 Å². The molecule has 54 heavy (non-hydrogen) atoms. The Bertz CT molecular complexity index is 1390. The van der Waals surface area contributed by atoms with Crippen LogP contribution < -0.4 is 0 Å². The van der Waals surface area contributed by atoms with E-state index in [1.807, 2.05) is 20.8 Å².